The van der Waals surface area contributed by atoms with Crippen molar-refractivity contribution in [2.75, 3.05) is 20.2 Å². The molecule has 2 atom stereocenters. The molecule has 0 aromatic heterocycles. The van der Waals surface area contributed by atoms with Gasteiger partial charge in [-0.05, 0) is 56.0 Å². The number of ether oxygens (including phenoxy) is 1. The van der Waals surface area contributed by atoms with E-state index >= 15 is 0 Å². The Morgan fingerprint density at radius 2 is 1.92 bits per heavy atom. The first-order chi connectivity index (χ1) is 12.1. The Hall–Kier alpha value is -1.26. The molecule has 0 spiro atoms. The zero-order valence-corrected chi connectivity index (χ0v) is 16.7. The van der Waals surface area contributed by atoms with Gasteiger partial charge in [0.2, 0.25) is 0 Å². The van der Waals surface area contributed by atoms with E-state index in [1.54, 1.807) is 0 Å². The van der Waals surface area contributed by atoms with Gasteiger partial charge in [-0.1, -0.05) is 48.0 Å². The monoisotopic (exact) mass is 395 g/mol. The van der Waals surface area contributed by atoms with Gasteiger partial charge in [-0.25, -0.2) is 0 Å². The first-order valence-corrected chi connectivity index (χ1v) is 9.33. The van der Waals surface area contributed by atoms with E-state index in [4.69, 9.17) is 16.3 Å². The Morgan fingerprint density at radius 1 is 1.15 bits per heavy atom. The van der Waals surface area contributed by atoms with Crippen molar-refractivity contribution in [1.82, 2.24) is 4.90 Å². The van der Waals surface area contributed by atoms with Crippen LogP contribution in [0.3, 0.4) is 0 Å². The van der Waals surface area contributed by atoms with Gasteiger partial charge < -0.3 is 14.7 Å². The molecule has 26 heavy (non-hydrogen) atoms. The van der Waals surface area contributed by atoms with Crippen LogP contribution < -0.4 is 4.74 Å². The molecule has 5 heteroatoms. The second kappa shape index (κ2) is 10.2. The van der Waals surface area contributed by atoms with Crippen LogP contribution in [0.4, 0.5) is 0 Å². The zero-order chi connectivity index (χ0) is 17.6. The largest absolute Gasteiger partial charge is 0.493 e. The summed E-state index contributed by atoms with van der Waals surface area (Å²) < 4.78 is 6.06. The van der Waals surface area contributed by atoms with Crippen molar-refractivity contribution in [1.29, 1.82) is 0 Å². The molecule has 0 aliphatic carbocycles. The van der Waals surface area contributed by atoms with Crippen LogP contribution in [0.15, 0.2) is 48.5 Å². The van der Waals surface area contributed by atoms with E-state index in [0.29, 0.717) is 17.7 Å². The molecule has 142 valence electrons. The number of halogens is 2. The fourth-order valence-corrected chi connectivity index (χ4v) is 3.65. The summed E-state index contributed by atoms with van der Waals surface area (Å²) in [6, 6.07) is 16.8. The molecule has 3 nitrogen and oxygen atoms in total. The molecular weight excluding hydrogens is 369 g/mol. The smallest absolute Gasteiger partial charge is 0.123 e. The average molecular weight is 396 g/mol. The Kier molecular flexibility index (Phi) is 8.23. The van der Waals surface area contributed by atoms with E-state index < -0.39 is 0 Å². The molecule has 1 saturated heterocycles. The average Bonchev–Trinajstić information content (AvgIpc) is 2.92. The molecule has 2 aromatic rings. The standard InChI is InChI=1S/C21H26ClNO2.ClH/c1-23-15-20(24)14-19(23)11-12-25-21-13-18(22)10-9-17(21)8-7-16-5-3-2-4-6-16;/h2-6,9-10,13,19-20,24H,7-8,11-12,14-15H2,1H3;1H/t19-,20-;/m1./s1. The maximum atomic E-state index is 9.75. The van der Waals surface area contributed by atoms with Gasteiger partial charge in [-0.2, -0.15) is 0 Å². The number of aliphatic hydroxyl groups excluding tert-OH is 1. The minimum absolute atomic E-state index is 0. The van der Waals surface area contributed by atoms with E-state index in [-0.39, 0.29) is 18.5 Å². The summed E-state index contributed by atoms with van der Waals surface area (Å²) in [5.74, 6) is 0.879. The van der Waals surface area contributed by atoms with Crippen molar-refractivity contribution >= 4 is 24.0 Å². The van der Waals surface area contributed by atoms with Crippen molar-refractivity contribution in [3.05, 3.63) is 64.7 Å². The van der Waals surface area contributed by atoms with Gasteiger partial charge in [0.05, 0.1) is 12.7 Å². The SMILES string of the molecule is CN1C[C@H](O)C[C@H]1CCOc1cc(Cl)ccc1CCc1ccccc1.Cl. The quantitative estimate of drug-likeness (QED) is 0.754. The van der Waals surface area contributed by atoms with Crippen molar-refractivity contribution in [3.63, 3.8) is 0 Å². The van der Waals surface area contributed by atoms with Crippen molar-refractivity contribution in [2.24, 2.45) is 0 Å². The number of hydrogen-bond acceptors (Lipinski definition) is 3. The van der Waals surface area contributed by atoms with Crippen LogP contribution in [0.1, 0.15) is 24.0 Å². The third-order valence-corrected chi connectivity index (χ3v) is 5.17. The van der Waals surface area contributed by atoms with Crippen LogP contribution in [0.5, 0.6) is 5.75 Å². The number of likely N-dealkylation sites (N-methyl/N-ethyl adjacent to an activating group) is 1. The molecule has 1 N–H and O–H groups in total. The van der Waals surface area contributed by atoms with Crippen LogP contribution in [0, 0.1) is 0 Å². The lowest BCUT2D eigenvalue weighted by Crippen LogP contribution is -2.26. The minimum Gasteiger partial charge on any atom is -0.493 e. The van der Waals surface area contributed by atoms with Crippen molar-refractivity contribution in [2.45, 2.75) is 37.8 Å². The van der Waals surface area contributed by atoms with Gasteiger partial charge in [0.25, 0.3) is 0 Å². The molecule has 1 fully saturated rings. The van der Waals surface area contributed by atoms with E-state index in [2.05, 4.69) is 42.3 Å². The Labute approximate surface area is 167 Å². The van der Waals surface area contributed by atoms with Crippen LogP contribution in [0.25, 0.3) is 0 Å². The second-order valence-electron chi connectivity index (χ2n) is 6.86. The first kappa shape index (κ1) is 21.0. The maximum Gasteiger partial charge on any atom is 0.123 e. The molecule has 1 heterocycles. The summed E-state index contributed by atoms with van der Waals surface area (Å²) in [6.45, 7) is 1.39. The van der Waals surface area contributed by atoms with Crippen molar-refractivity contribution in [3.8, 4) is 5.75 Å². The minimum atomic E-state index is -0.206. The molecule has 1 aliphatic rings. The highest BCUT2D eigenvalue weighted by Crippen LogP contribution is 2.26. The van der Waals surface area contributed by atoms with Gasteiger partial charge in [0.1, 0.15) is 5.75 Å². The molecule has 0 unspecified atom stereocenters. The Morgan fingerprint density at radius 3 is 2.62 bits per heavy atom. The van der Waals surface area contributed by atoms with E-state index in [1.165, 1.54) is 11.1 Å². The normalized spacial score (nSPS) is 20.0. The molecule has 0 amide bonds. The molecule has 1 aliphatic heterocycles. The molecule has 3 rings (SSSR count). The lowest BCUT2D eigenvalue weighted by Gasteiger charge is -2.19. The van der Waals surface area contributed by atoms with Gasteiger partial charge in [0, 0.05) is 17.6 Å². The van der Waals surface area contributed by atoms with Gasteiger partial charge >= 0.3 is 0 Å². The first-order valence-electron chi connectivity index (χ1n) is 8.95. The molecule has 0 saturated carbocycles. The highest BCUT2D eigenvalue weighted by molar-refractivity contribution is 6.30. The summed E-state index contributed by atoms with van der Waals surface area (Å²) in [7, 11) is 2.06. The predicted octanol–water partition coefficient (Wildman–Crippen LogP) is 4.38. The van der Waals surface area contributed by atoms with Crippen LogP contribution >= 0.6 is 24.0 Å². The summed E-state index contributed by atoms with van der Waals surface area (Å²) in [5.41, 5.74) is 2.51. The summed E-state index contributed by atoms with van der Waals surface area (Å²) >= 11 is 6.16. The Bertz CT molecular complexity index is 681. The van der Waals surface area contributed by atoms with Crippen LogP contribution in [-0.2, 0) is 12.8 Å². The third kappa shape index (κ3) is 5.88. The topological polar surface area (TPSA) is 32.7 Å². The van der Waals surface area contributed by atoms with Crippen LogP contribution in [0.2, 0.25) is 5.02 Å². The number of benzene rings is 2. The number of aliphatic hydroxyl groups is 1. The third-order valence-electron chi connectivity index (χ3n) is 4.93. The van der Waals surface area contributed by atoms with Crippen molar-refractivity contribution < 1.29 is 9.84 Å². The number of hydrogen-bond donors (Lipinski definition) is 1. The zero-order valence-electron chi connectivity index (χ0n) is 15.1. The summed E-state index contributed by atoms with van der Waals surface area (Å²) in [5, 5.41) is 10.4. The number of aryl methyl sites for hydroxylation is 2. The number of likely N-dealkylation sites (tertiary alicyclic amines) is 1. The molecular formula is C21H27Cl2NO2. The second-order valence-corrected chi connectivity index (χ2v) is 7.29. The fourth-order valence-electron chi connectivity index (χ4n) is 3.49. The molecule has 2 aromatic carbocycles. The van der Waals surface area contributed by atoms with E-state index in [9.17, 15) is 5.11 Å². The lowest BCUT2D eigenvalue weighted by molar-refractivity contribution is 0.182. The van der Waals surface area contributed by atoms with E-state index in [1.807, 2.05) is 18.2 Å². The lowest BCUT2D eigenvalue weighted by atomic mass is 10.0. The maximum absolute atomic E-state index is 9.75. The van der Waals surface area contributed by atoms with Crippen LogP contribution in [-0.4, -0.2) is 42.4 Å². The highest BCUT2D eigenvalue weighted by Gasteiger charge is 2.27. The predicted molar refractivity (Wildman–Crippen MR) is 110 cm³/mol. The Balaban J connectivity index is 0.00000243. The summed E-state index contributed by atoms with van der Waals surface area (Å²) in [6.07, 6.45) is 3.45. The number of nitrogens with zero attached hydrogens (tertiary/aromatic N) is 1. The summed E-state index contributed by atoms with van der Waals surface area (Å²) in [4.78, 5) is 2.21. The number of rotatable bonds is 7. The molecule has 0 bridgehead atoms. The number of β-amino-alcohol motifs (C(OH)–C–C–N with tert-alkyl or cyclic N) is 1. The van der Waals surface area contributed by atoms with Gasteiger partial charge in [0.15, 0.2) is 0 Å². The van der Waals surface area contributed by atoms with Gasteiger partial charge in [-0.3, -0.25) is 0 Å². The fraction of sp³-hybridized carbons (Fsp3) is 0.429. The molecule has 0 radical (unpaired) electrons. The van der Waals surface area contributed by atoms with E-state index in [0.717, 1.165) is 38.0 Å². The van der Waals surface area contributed by atoms with Gasteiger partial charge in [-0.15, -0.1) is 12.4 Å². The highest BCUT2D eigenvalue weighted by atomic mass is 35.5.